The molecule has 0 bridgehead atoms. The van der Waals surface area contributed by atoms with Crippen molar-refractivity contribution in [1.29, 1.82) is 0 Å². The maximum Gasteiger partial charge on any atom is 2.00 e. The van der Waals surface area contributed by atoms with Crippen molar-refractivity contribution in [1.82, 2.24) is 4.90 Å². The Balaban J connectivity index is 0. The van der Waals surface area contributed by atoms with Crippen molar-refractivity contribution in [2.75, 3.05) is 43.9 Å². The van der Waals surface area contributed by atoms with Crippen LogP contribution in [0.2, 0.25) is 0 Å². The second kappa shape index (κ2) is 15.8. The summed E-state index contributed by atoms with van der Waals surface area (Å²) < 4.78 is 0. The van der Waals surface area contributed by atoms with Crippen LogP contribution in [0.1, 0.15) is 41.7 Å². The summed E-state index contributed by atoms with van der Waals surface area (Å²) in [5, 5.41) is 7.31. The predicted molar refractivity (Wildman–Crippen MR) is 120 cm³/mol. The molecule has 0 aliphatic rings. The minimum Gasteiger partial charge on any atom is -1.00 e. The van der Waals surface area contributed by atoms with Crippen LogP contribution in [0.5, 0.6) is 0 Å². The fourth-order valence-electron chi connectivity index (χ4n) is 3.78. The summed E-state index contributed by atoms with van der Waals surface area (Å²) in [6.07, 6.45) is 2.15. The van der Waals surface area contributed by atoms with Crippen molar-refractivity contribution >= 4 is 11.4 Å². The summed E-state index contributed by atoms with van der Waals surface area (Å²) in [5.41, 5.74) is 9.47. The van der Waals surface area contributed by atoms with E-state index in [2.05, 4.69) is 87.5 Å². The maximum atomic E-state index is 3.69. The number of para-hydroxylation sites is 1. The van der Waals surface area contributed by atoms with E-state index in [4.69, 9.17) is 0 Å². The van der Waals surface area contributed by atoms with Gasteiger partial charge in [0, 0.05) is 37.6 Å². The number of likely N-dealkylation sites (N-methyl/N-ethyl adjacent to an activating group) is 1. The number of nitrogens with zero attached hydrogens (tertiary/aromatic N) is 1. The molecule has 0 aromatic heterocycles. The average Bonchev–Trinajstić information content (AvgIpc) is 2.63. The zero-order valence-corrected chi connectivity index (χ0v) is 21.7. The maximum absolute atomic E-state index is 3.69. The molecule has 0 amide bonds. The number of halogens is 2. The summed E-state index contributed by atoms with van der Waals surface area (Å²) >= 11 is 0. The Morgan fingerprint density at radius 2 is 1.20 bits per heavy atom. The van der Waals surface area contributed by atoms with Crippen LogP contribution in [-0.4, -0.2) is 38.1 Å². The fraction of sp³-hybridized carbons (Fsp3) is 0.500. The Morgan fingerprint density at radius 1 is 0.767 bits per heavy atom. The average molecular weight is 497 g/mol. The Bertz CT molecular complexity index is 708. The Kier molecular flexibility index (Phi) is 16.5. The van der Waals surface area contributed by atoms with Gasteiger partial charge in [-0.15, -0.1) is 0 Å². The van der Waals surface area contributed by atoms with Gasteiger partial charge in [-0.1, -0.05) is 49.7 Å². The van der Waals surface area contributed by atoms with Crippen molar-refractivity contribution in [3.8, 4) is 0 Å². The summed E-state index contributed by atoms with van der Waals surface area (Å²) in [5.74, 6) is 0. The van der Waals surface area contributed by atoms with E-state index in [0.717, 1.165) is 39.0 Å². The van der Waals surface area contributed by atoms with Gasteiger partial charge >= 0.3 is 16.8 Å². The molecule has 2 aromatic rings. The number of hydrogen-bond acceptors (Lipinski definition) is 3. The van der Waals surface area contributed by atoms with Gasteiger partial charge in [-0.05, 0) is 62.9 Å². The van der Waals surface area contributed by atoms with E-state index < -0.39 is 0 Å². The second-order valence-electron chi connectivity index (χ2n) is 7.59. The van der Waals surface area contributed by atoms with E-state index in [1.807, 2.05) is 0 Å². The molecule has 0 spiro atoms. The molecule has 30 heavy (non-hydrogen) atoms. The molecule has 0 aliphatic carbocycles. The van der Waals surface area contributed by atoms with Crippen LogP contribution in [0.15, 0.2) is 30.3 Å². The minimum absolute atomic E-state index is 0. The summed E-state index contributed by atoms with van der Waals surface area (Å²) in [7, 11) is 2.20. The second-order valence-corrected chi connectivity index (χ2v) is 7.59. The first kappa shape index (κ1) is 31.3. The monoisotopic (exact) mass is 496 g/mol. The molecule has 6 heteroatoms. The molecule has 3 nitrogen and oxygen atoms in total. The van der Waals surface area contributed by atoms with Gasteiger partial charge in [-0.25, -0.2) is 0 Å². The molecule has 2 rings (SSSR count). The third-order valence-corrected chi connectivity index (χ3v) is 5.27. The first-order valence-electron chi connectivity index (χ1n) is 10.3. The third-order valence-electron chi connectivity index (χ3n) is 5.27. The van der Waals surface area contributed by atoms with E-state index in [9.17, 15) is 0 Å². The van der Waals surface area contributed by atoms with Gasteiger partial charge < -0.3 is 40.3 Å². The molecule has 0 unspecified atom stereocenters. The van der Waals surface area contributed by atoms with Crippen molar-refractivity contribution < 1.29 is 41.6 Å². The molecule has 0 saturated heterocycles. The van der Waals surface area contributed by atoms with E-state index in [1.54, 1.807) is 0 Å². The summed E-state index contributed by atoms with van der Waals surface area (Å²) in [6, 6.07) is 11.2. The number of hydrogen-bond donors (Lipinski definition) is 2. The zero-order chi connectivity index (χ0) is 19.8. The largest absolute Gasteiger partial charge is 2.00 e. The molecule has 2 aromatic carbocycles. The number of aryl methyl sites for hydroxylation is 5. The van der Waals surface area contributed by atoms with Gasteiger partial charge in [0.05, 0.1) is 0 Å². The SMILES string of the molecule is CCc1cccc(CC)c1NCCN(C)CCNc1c(C)cc(C)cc1C.[Cl-].[Cl-].[Co+2]. The molecule has 171 valence electrons. The first-order chi connectivity index (χ1) is 13.0. The normalized spacial score (nSPS) is 9.97. The standard InChI is InChI=1S/C24H37N3.2ClH.Co/c1-7-21-10-9-11-22(8-2)24(21)26-13-15-27(6)14-12-25-23-19(4)16-18(3)17-20(23)5;;;/h9-11,16-17,25-26H,7-8,12-15H2,1-6H3;2*1H;/q;;;+2/p-2. The van der Waals surface area contributed by atoms with Gasteiger partial charge in [-0.3, -0.25) is 0 Å². The quantitative estimate of drug-likeness (QED) is 0.451. The van der Waals surface area contributed by atoms with Crippen molar-refractivity contribution in [2.24, 2.45) is 0 Å². The number of benzene rings is 2. The van der Waals surface area contributed by atoms with E-state index >= 15 is 0 Å². The molecule has 0 aliphatic heterocycles. The van der Waals surface area contributed by atoms with E-state index in [0.29, 0.717) is 0 Å². The van der Waals surface area contributed by atoms with Crippen LogP contribution >= 0.6 is 0 Å². The van der Waals surface area contributed by atoms with Crippen molar-refractivity contribution in [3.63, 3.8) is 0 Å². The third kappa shape index (κ3) is 9.07. The molecule has 0 atom stereocenters. The van der Waals surface area contributed by atoms with Gasteiger partial charge in [0.15, 0.2) is 0 Å². The first-order valence-corrected chi connectivity index (χ1v) is 10.3. The van der Waals surface area contributed by atoms with Gasteiger partial charge in [-0.2, -0.15) is 0 Å². The molecule has 0 heterocycles. The van der Waals surface area contributed by atoms with Gasteiger partial charge in [0.25, 0.3) is 0 Å². The minimum atomic E-state index is 0. The number of rotatable bonds is 10. The number of anilines is 2. The van der Waals surface area contributed by atoms with Gasteiger partial charge in [0.1, 0.15) is 0 Å². The smallest absolute Gasteiger partial charge is 1.00 e. The molecule has 0 saturated carbocycles. The zero-order valence-electron chi connectivity index (χ0n) is 19.2. The molecule has 0 fully saturated rings. The van der Waals surface area contributed by atoms with Crippen LogP contribution in [0.4, 0.5) is 11.4 Å². The van der Waals surface area contributed by atoms with Crippen LogP contribution in [0.25, 0.3) is 0 Å². The molecular weight excluding hydrogens is 460 g/mol. The van der Waals surface area contributed by atoms with Crippen molar-refractivity contribution in [2.45, 2.75) is 47.5 Å². The summed E-state index contributed by atoms with van der Waals surface area (Å²) in [6.45, 7) is 15.0. The Labute approximate surface area is 206 Å². The van der Waals surface area contributed by atoms with E-state index in [-0.39, 0.29) is 41.6 Å². The van der Waals surface area contributed by atoms with Crippen LogP contribution in [-0.2, 0) is 29.6 Å². The molecular formula is C24H37Cl2CoN3. The van der Waals surface area contributed by atoms with E-state index in [1.165, 1.54) is 39.2 Å². The Morgan fingerprint density at radius 3 is 1.63 bits per heavy atom. The fourth-order valence-corrected chi connectivity index (χ4v) is 3.78. The van der Waals surface area contributed by atoms with Crippen LogP contribution in [0, 0.1) is 20.8 Å². The topological polar surface area (TPSA) is 27.3 Å². The van der Waals surface area contributed by atoms with Crippen molar-refractivity contribution in [3.05, 3.63) is 58.1 Å². The van der Waals surface area contributed by atoms with Crippen LogP contribution < -0.4 is 35.4 Å². The Hall–Kier alpha value is -0.914. The summed E-state index contributed by atoms with van der Waals surface area (Å²) in [4.78, 5) is 2.39. The van der Waals surface area contributed by atoms with Crippen LogP contribution in [0.3, 0.4) is 0 Å². The number of nitrogens with one attached hydrogen (secondary N) is 2. The predicted octanol–water partition coefficient (Wildman–Crippen LogP) is -0.802. The molecule has 1 radical (unpaired) electrons. The van der Waals surface area contributed by atoms with Gasteiger partial charge in [0.2, 0.25) is 0 Å². The molecule has 2 N–H and O–H groups in total.